The minimum absolute atomic E-state index is 0.00737. The number of aromatic nitrogens is 1. The van der Waals surface area contributed by atoms with E-state index in [2.05, 4.69) is 53.6 Å². The van der Waals surface area contributed by atoms with Crippen LogP contribution >= 0.6 is 11.8 Å². The van der Waals surface area contributed by atoms with Crippen LogP contribution in [0.1, 0.15) is 44.1 Å². The molecule has 1 aromatic heterocycles. The van der Waals surface area contributed by atoms with Crippen molar-refractivity contribution >= 4 is 59.5 Å². The van der Waals surface area contributed by atoms with E-state index in [0.717, 1.165) is 59.0 Å². The number of nitriles is 1. The number of hydrogen-bond donors (Lipinski definition) is 0. The average Bonchev–Trinajstić information content (AvgIpc) is 3.48. The normalized spacial score (nSPS) is 16.7. The van der Waals surface area contributed by atoms with Gasteiger partial charge in [0.25, 0.3) is 0 Å². The van der Waals surface area contributed by atoms with Crippen LogP contribution in [0.25, 0.3) is 21.3 Å². The molecule has 3 aromatic rings. The summed E-state index contributed by atoms with van der Waals surface area (Å²) in [5.41, 5.74) is 3.74. The predicted octanol–water partition coefficient (Wildman–Crippen LogP) is 6.19. The molecule has 0 spiro atoms. The molecule has 0 saturated heterocycles. The number of benzene rings is 2. The monoisotopic (exact) mass is 584 g/mol. The number of nitrogens with zero attached hydrogens (tertiary/aromatic N) is 4. The molecule has 0 amide bonds. The first kappa shape index (κ1) is 26.2. The van der Waals surface area contributed by atoms with Gasteiger partial charge in [0, 0.05) is 0 Å². The Labute approximate surface area is 233 Å². The van der Waals surface area contributed by atoms with Gasteiger partial charge in [-0.05, 0) is 0 Å². The number of anilines is 1. The van der Waals surface area contributed by atoms with Gasteiger partial charge in [-0.1, -0.05) is 0 Å². The number of Topliss-reactive ketones (excluding diaryl/α,β-unsaturated/α-hetero) is 1. The molecule has 5 nitrogen and oxygen atoms in total. The van der Waals surface area contributed by atoms with Gasteiger partial charge < -0.3 is 0 Å². The Morgan fingerprint density at radius 2 is 1.87 bits per heavy atom. The number of rotatable bonds is 9. The van der Waals surface area contributed by atoms with Crippen LogP contribution in [-0.2, 0) is 11.3 Å². The first-order valence-electron chi connectivity index (χ1n) is 13.0. The molecule has 5 rings (SSSR count). The predicted molar refractivity (Wildman–Crippen MR) is 156 cm³/mol. The van der Waals surface area contributed by atoms with Gasteiger partial charge in [-0.2, -0.15) is 0 Å². The Balaban J connectivity index is 1.62. The molecule has 2 aromatic carbocycles. The van der Waals surface area contributed by atoms with E-state index >= 15 is 0 Å². The number of allylic oxidation sites excluding steroid dienone is 5. The van der Waals surface area contributed by atoms with E-state index in [-0.39, 0.29) is 25.9 Å². The Morgan fingerprint density at radius 3 is 2.63 bits per heavy atom. The van der Waals surface area contributed by atoms with Crippen molar-refractivity contribution in [1.29, 1.82) is 5.26 Å². The first-order chi connectivity index (χ1) is 18.6. The van der Waals surface area contributed by atoms with Crippen molar-refractivity contribution in [3.8, 4) is 6.07 Å². The fourth-order valence-corrected chi connectivity index (χ4v) is 8.30. The third-order valence-corrected chi connectivity index (χ3v) is 10.2. The number of unbranched alkanes of at least 4 members (excludes halogenated alkanes) is 2. The second-order valence-electron chi connectivity index (χ2n) is 9.25. The van der Waals surface area contributed by atoms with Gasteiger partial charge >= 0.3 is 234 Å². The van der Waals surface area contributed by atoms with Crippen molar-refractivity contribution in [3.63, 3.8) is 0 Å². The summed E-state index contributed by atoms with van der Waals surface area (Å²) < 4.78 is 4.70. The van der Waals surface area contributed by atoms with E-state index in [1.807, 2.05) is 42.3 Å². The maximum absolute atomic E-state index is 13.6. The number of carbonyl (C=O) groups is 1. The molecule has 190 valence electrons. The molecule has 0 bridgehead atoms. The van der Waals surface area contributed by atoms with Crippen molar-refractivity contribution in [1.82, 2.24) is 0 Å². The Bertz CT molecular complexity index is 1610. The summed E-state index contributed by atoms with van der Waals surface area (Å²) in [6.07, 6.45) is 8.04. The van der Waals surface area contributed by atoms with Crippen LogP contribution in [0.5, 0.6) is 0 Å². The zero-order valence-corrected chi connectivity index (χ0v) is 24.1. The topological polar surface area (TPSA) is 70.3 Å². The van der Waals surface area contributed by atoms with E-state index in [9.17, 15) is 15.5 Å². The molecular formula is C31H28N4OSSe. The van der Waals surface area contributed by atoms with Crippen LogP contribution in [0.3, 0.4) is 0 Å². The molecule has 0 fully saturated rings. The summed E-state index contributed by atoms with van der Waals surface area (Å²) >= 11 is 1.69. The first-order valence-corrected chi connectivity index (χ1v) is 15.5. The number of hydrogen-bond acceptors (Lipinski definition) is 4. The zero-order valence-electron chi connectivity index (χ0n) is 21.5. The number of para-hydroxylation sites is 2. The summed E-state index contributed by atoms with van der Waals surface area (Å²) in [5, 5.41) is 20.5. The van der Waals surface area contributed by atoms with Crippen LogP contribution in [0.4, 0.5) is 5.69 Å². The molecule has 2 aliphatic rings. The molecular weight excluding hydrogens is 555 g/mol. The van der Waals surface area contributed by atoms with Crippen molar-refractivity contribution in [2.24, 2.45) is 0 Å². The molecule has 1 aliphatic heterocycles. The van der Waals surface area contributed by atoms with Gasteiger partial charge in [0.05, 0.1) is 0 Å². The van der Waals surface area contributed by atoms with E-state index < -0.39 is 0 Å². The third kappa shape index (κ3) is 4.77. The Hall–Kier alpha value is -3.39. The number of aryl methyl sites for hydroxylation is 1. The number of carbonyl (C=O) groups excluding carboxylic acids is 1. The molecule has 0 atom stereocenters. The van der Waals surface area contributed by atoms with Crippen molar-refractivity contribution in [2.75, 3.05) is 11.4 Å². The van der Waals surface area contributed by atoms with Crippen molar-refractivity contribution in [3.05, 3.63) is 91.9 Å². The van der Waals surface area contributed by atoms with E-state index in [1.54, 1.807) is 11.8 Å². The average molecular weight is 584 g/mol. The van der Waals surface area contributed by atoms with Gasteiger partial charge in [-0.25, -0.2) is 0 Å². The summed E-state index contributed by atoms with van der Waals surface area (Å²) in [7, 11) is 0. The Kier molecular flexibility index (Phi) is 7.98. The molecule has 2 heterocycles. The third-order valence-electron chi connectivity index (χ3n) is 6.78. The van der Waals surface area contributed by atoms with Crippen LogP contribution < -0.4 is 9.47 Å². The fourth-order valence-electron chi connectivity index (χ4n) is 4.80. The van der Waals surface area contributed by atoms with Gasteiger partial charge in [0.1, 0.15) is 0 Å². The van der Waals surface area contributed by atoms with Crippen LogP contribution in [0, 0.1) is 11.3 Å². The zero-order chi connectivity index (χ0) is 26.6. The minimum atomic E-state index is -0.0998. The maximum atomic E-state index is 13.6. The number of thioether (sulfide) groups is 1. The molecule has 0 unspecified atom stereocenters. The second-order valence-corrected chi connectivity index (χ2v) is 12.5. The Morgan fingerprint density at radius 1 is 1.11 bits per heavy atom. The van der Waals surface area contributed by atoms with Crippen LogP contribution in [0.15, 0.2) is 86.8 Å². The molecule has 1 aliphatic carbocycles. The quantitative estimate of drug-likeness (QED) is 0.0991. The molecule has 38 heavy (non-hydrogen) atoms. The molecule has 0 N–H and O–H groups in total. The van der Waals surface area contributed by atoms with E-state index in [0.29, 0.717) is 16.7 Å². The molecule has 0 radical (unpaired) electrons. The van der Waals surface area contributed by atoms with Gasteiger partial charge in [-0.3, -0.25) is 0 Å². The van der Waals surface area contributed by atoms with Crippen molar-refractivity contribution < 1.29 is 9.36 Å². The number of ketones is 1. The van der Waals surface area contributed by atoms with Gasteiger partial charge in [0.15, 0.2) is 0 Å². The molecule has 7 heteroatoms. The van der Waals surface area contributed by atoms with E-state index in [1.165, 1.54) is 9.78 Å². The van der Waals surface area contributed by atoms with Crippen molar-refractivity contribution in [2.45, 2.75) is 51.0 Å². The van der Waals surface area contributed by atoms with Crippen LogP contribution in [0.2, 0.25) is 0 Å². The van der Waals surface area contributed by atoms with Gasteiger partial charge in [-0.15, -0.1) is 0 Å². The summed E-state index contributed by atoms with van der Waals surface area (Å²) in [6, 6.07) is 18.7. The number of fused-ring (bicyclic) bond motifs is 2. The summed E-state index contributed by atoms with van der Waals surface area (Å²) in [4.78, 5) is 17.0. The SMILES string of the molecule is CCCCN1/C(=C/C2=C(C(=C=[N-])C#N)C(=C/c3[se]c4ccccc4[n+]3CCCC)/C2=O)Sc2ccccc21. The standard InChI is InChI=1S/C31H28N4OSSe/c1-3-5-15-34-24-11-7-9-13-26(24)37-28(34)17-22-30(21(19-32)20-33)23(31(22)36)18-29-35(16-6-4-2)25-12-8-10-14-27(25)38-29/h7-14,17-18H,3-6,15-16H2,1-2H3. The summed E-state index contributed by atoms with van der Waals surface area (Å²) in [6.45, 7) is 6.07. The molecule has 0 saturated carbocycles. The second kappa shape index (κ2) is 11.6. The van der Waals surface area contributed by atoms with Gasteiger partial charge in [0.2, 0.25) is 0 Å². The summed E-state index contributed by atoms with van der Waals surface area (Å²) in [5.74, 6) is 1.95. The van der Waals surface area contributed by atoms with Crippen LogP contribution in [-0.4, -0.2) is 32.7 Å². The fraction of sp³-hybridized carbons (Fsp3) is 0.258. The van der Waals surface area contributed by atoms with E-state index in [4.69, 9.17) is 0 Å².